The smallest absolute Gasteiger partial charge is 0.265 e. The van der Waals surface area contributed by atoms with Crippen LogP contribution < -0.4 is 10.9 Å². The number of aromatic nitrogens is 4. The van der Waals surface area contributed by atoms with Gasteiger partial charge in [-0.05, 0) is 11.6 Å². The number of carbonyl (C=O) groups excluding carboxylic acids is 1. The third-order valence-corrected chi connectivity index (χ3v) is 3.05. The Morgan fingerprint density at radius 3 is 2.58 bits per heavy atom. The number of carbonyl (C=O) groups is 1. The van der Waals surface area contributed by atoms with Crippen LogP contribution in [0.4, 0.5) is 0 Å². The normalized spacial score (nSPS) is 9.75. The lowest BCUT2D eigenvalue weighted by Crippen LogP contribution is -2.30. The van der Waals surface area contributed by atoms with Gasteiger partial charge in [0.2, 0.25) is 5.95 Å². The lowest BCUT2D eigenvalue weighted by Gasteiger charge is -2.05. The van der Waals surface area contributed by atoms with E-state index in [0.29, 0.717) is 6.54 Å². The Kier molecular flexibility index (Phi) is 6.01. The zero-order valence-corrected chi connectivity index (χ0v) is 13.6. The topological polar surface area (TPSA) is 92.7 Å². The molecule has 0 aliphatic rings. The molecule has 0 radical (unpaired) electrons. The first-order chi connectivity index (χ1) is 11.7. The molecule has 1 aromatic carbocycles. The van der Waals surface area contributed by atoms with Crippen molar-refractivity contribution in [3.63, 3.8) is 0 Å². The number of hydrogen-bond acceptors (Lipinski definition) is 4. The highest BCUT2D eigenvalue weighted by molar-refractivity contribution is 5.93. The van der Waals surface area contributed by atoms with Crippen LogP contribution in [0.15, 0.2) is 59.8 Å². The van der Waals surface area contributed by atoms with Gasteiger partial charge < -0.3 is 5.32 Å². The molecule has 2 heterocycles. The SMILES string of the molecule is CC.O=C(NCc1ccccc1)c1cnc(-n2cccn2)[nH]c1=O. The standard InChI is InChI=1S/C15H13N5O2.C2H6/c21-13(16-9-11-5-2-1-3-6-11)12-10-17-15(19-14(12)22)20-8-4-7-18-20;1-2/h1-8,10H,9H2,(H,16,21)(H,17,19,22);1-2H3. The summed E-state index contributed by atoms with van der Waals surface area (Å²) in [5.74, 6) is -0.209. The van der Waals surface area contributed by atoms with Crippen molar-refractivity contribution in [2.75, 3.05) is 0 Å². The number of H-pyrrole nitrogens is 1. The summed E-state index contributed by atoms with van der Waals surface area (Å²) in [5, 5.41) is 6.65. The van der Waals surface area contributed by atoms with Crippen molar-refractivity contribution < 1.29 is 4.79 Å². The molecular formula is C17H19N5O2. The van der Waals surface area contributed by atoms with E-state index in [1.54, 1.807) is 18.5 Å². The molecule has 0 bridgehead atoms. The van der Waals surface area contributed by atoms with Gasteiger partial charge in [0.25, 0.3) is 11.5 Å². The minimum atomic E-state index is -0.508. The van der Waals surface area contributed by atoms with E-state index >= 15 is 0 Å². The van der Waals surface area contributed by atoms with Crippen molar-refractivity contribution in [2.24, 2.45) is 0 Å². The van der Waals surface area contributed by atoms with E-state index in [2.05, 4.69) is 20.4 Å². The molecule has 3 rings (SSSR count). The fourth-order valence-electron chi connectivity index (χ4n) is 1.93. The molecule has 0 fully saturated rings. The highest BCUT2D eigenvalue weighted by Gasteiger charge is 2.12. The van der Waals surface area contributed by atoms with Gasteiger partial charge in [-0.15, -0.1) is 0 Å². The van der Waals surface area contributed by atoms with Crippen LogP contribution in [0.2, 0.25) is 0 Å². The Bertz CT molecular complexity index is 826. The Morgan fingerprint density at radius 2 is 1.96 bits per heavy atom. The number of hydrogen-bond donors (Lipinski definition) is 2. The molecule has 7 nitrogen and oxygen atoms in total. The van der Waals surface area contributed by atoms with Crippen molar-refractivity contribution in [3.8, 4) is 5.95 Å². The fraction of sp³-hybridized carbons (Fsp3) is 0.176. The molecule has 0 aliphatic carbocycles. The molecule has 3 aromatic rings. The van der Waals surface area contributed by atoms with E-state index in [0.717, 1.165) is 5.56 Å². The Hall–Kier alpha value is -3.22. The minimum Gasteiger partial charge on any atom is -0.348 e. The molecule has 0 saturated heterocycles. The van der Waals surface area contributed by atoms with Crippen LogP contribution in [0.3, 0.4) is 0 Å². The van der Waals surface area contributed by atoms with Crippen LogP contribution in [0.25, 0.3) is 5.95 Å². The van der Waals surface area contributed by atoms with Crippen LogP contribution in [0.1, 0.15) is 29.8 Å². The lowest BCUT2D eigenvalue weighted by atomic mass is 10.2. The zero-order valence-electron chi connectivity index (χ0n) is 13.6. The predicted molar refractivity (Wildman–Crippen MR) is 90.9 cm³/mol. The summed E-state index contributed by atoms with van der Waals surface area (Å²) in [4.78, 5) is 30.6. The summed E-state index contributed by atoms with van der Waals surface area (Å²) in [6.07, 6.45) is 4.46. The van der Waals surface area contributed by atoms with Crippen molar-refractivity contribution in [1.82, 2.24) is 25.1 Å². The highest BCUT2D eigenvalue weighted by Crippen LogP contribution is 1.99. The predicted octanol–water partition coefficient (Wildman–Crippen LogP) is 1.91. The average Bonchev–Trinajstić information content (AvgIpc) is 3.17. The van der Waals surface area contributed by atoms with E-state index in [4.69, 9.17) is 0 Å². The van der Waals surface area contributed by atoms with Gasteiger partial charge in [0.05, 0.1) is 0 Å². The van der Waals surface area contributed by atoms with E-state index in [1.807, 2.05) is 44.2 Å². The van der Waals surface area contributed by atoms with Crippen molar-refractivity contribution in [2.45, 2.75) is 20.4 Å². The van der Waals surface area contributed by atoms with Gasteiger partial charge in [-0.1, -0.05) is 44.2 Å². The summed E-state index contributed by atoms with van der Waals surface area (Å²) in [6, 6.07) is 11.2. The summed E-state index contributed by atoms with van der Waals surface area (Å²) in [5.41, 5.74) is 0.409. The molecule has 2 aromatic heterocycles. The number of nitrogens with zero attached hydrogens (tertiary/aromatic N) is 3. The summed E-state index contributed by atoms with van der Waals surface area (Å²) in [6.45, 7) is 4.35. The van der Waals surface area contributed by atoms with E-state index in [9.17, 15) is 9.59 Å². The van der Waals surface area contributed by atoms with Crippen LogP contribution >= 0.6 is 0 Å². The van der Waals surface area contributed by atoms with Crippen LogP contribution in [0, 0.1) is 0 Å². The number of rotatable bonds is 4. The van der Waals surface area contributed by atoms with Crippen LogP contribution in [0.5, 0.6) is 0 Å². The van der Waals surface area contributed by atoms with Gasteiger partial charge in [0, 0.05) is 25.1 Å². The third kappa shape index (κ3) is 4.16. The first-order valence-electron chi connectivity index (χ1n) is 7.65. The Balaban J connectivity index is 0.00000100. The van der Waals surface area contributed by atoms with Gasteiger partial charge in [-0.25, -0.2) is 9.67 Å². The second-order valence-electron chi connectivity index (χ2n) is 4.57. The molecular weight excluding hydrogens is 306 g/mol. The maximum absolute atomic E-state index is 12.0. The molecule has 7 heteroatoms. The molecule has 0 aliphatic heterocycles. The maximum atomic E-state index is 12.0. The maximum Gasteiger partial charge on any atom is 0.265 e. The fourth-order valence-corrected chi connectivity index (χ4v) is 1.93. The van der Waals surface area contributed by atoms with Gasteiger partial charge in [0.1, 0.15) is 5.56 Å². The third-order valence-electron chi connectivity index (χ3n) is 3.05. The van der Waals surface area contributed by atoms with Gasteiger partial charge in [0.15, 0.2) is 0 Å². The van der Waals surface area contributed by atoms with Crippen molar-refractivity contribution >= 4 is 5.91 Å². The first-order valence-corrected chi connectivity index (χ1v) is 7.65. The van der Waals surface area contributed by atoms with Gasteiger partial charge in [-0.2, -0.15) is 5.10 Å². The minimum absolute atomic E-state index is 0.0353. The molecule has 2 N–H and O–H groups in total. The summed E-state index contributed by atoms with van der Waals surface area (Å²) < 4.78 is 1.41. The van der Waals surface area contributed by atoms with Gasteiger partial charge >= 0.3 is 0 Å². The number of nitrogens with one attached hydrogen (secondary N) is 2. The molecule has 0 spiro atoms. The van der Waals surface area contributed by atoms with E-state index < -0.39 is 11.5 Å². The summed E-state index contributed by atoms with van der Waals surface area (Å²) in [7, 11) is 0. The molecule has 124 valence electrons. The molecule has 0 unspecified atom stereocenters. The molecule has 0 atom stereocenters. The second-order valence-corrected chi connectivity index (χ2v) is 4.57. The van der Waals surface area contributed by atoms with Crippen molar-refractivity contribution in [3.05, 3.63) is 76.5 Å². The first kappa shape index (κ1) is 17.1. The van der Waals surface area contributed by atoms with Crippen molar-refractivity contribution in [1.29, 1.82) is 0 Å². The number of amides is 1. The second kappa shape index (κ2) is 8.42. The molecule has 0 saturated carbocycles. The Labute approximate surface area is 139 Å². The number of aromatic amines is 1. The van der Waals surface area contributed by atoms with E-state index in [1.165, 1.54) is 10.9 Å². The average molecular weight is 325 g/mol. The zero-order chi connectivity index (χ0) is 17.4. The summed E-state index contributed by atoms with van der Waals surface area (Å²) >= 11 is 0. The van der Waals surface area contributed by atoms with Crippen LogP contribution in [-0.2, 0) is 6.54 Å². The van der Waals surface area contributed by atoms with E-state index in [-0.39, 0.29) is 11.5 Å². The highest BCUT2D eigenvalue weighted by atomic mass is 16.2. The van der Waals surface area contributed by atoms with Crippen LogP contribution in [-0.4, -0.2) is 25.7 Å². The lowest BCUT2D eigenvalue weighted by molar-refractivity contribution is 0.0949. The monoisotopic (exact) mass is 325 g/mol. The number of benzene rings is 1. The molecule has 24 heavy (non-hydrogen) atoms. The molecule has 1 amide bonds. The largest absolute Gasteiger partial charge is 0.348 e. The van der Waals surface area contributed by atoms with Gasteiger partial charge in [-0.3, -0.25) is 14.6 Å². The Morgan fingerprint density at radius 1 is 1.21 bits per heavy atom. The quantitative estimate of drug-likeness (QED) is 0.766.